The number of aliphatic carboxylic acids is 1. The molecule has 0 aliphatic rings. The van der Waals surface area contributed by atoms with Crippen molar-refractivity contribution < 1.29 is 35.1 Å². The molecule has 0 aliphatic heterocycles. The zero-order chi connectivity index (χ0) is 15.0. The highest BCUT2D eigenvalue weighted by Gasteiger charge is 2.33. The van der Waals surface area contributed by atoms with Crippen LogP contribution in [0, 0.1) is 11.3 Å². The van der Waals surface area contributed by atoms with E-state index in [0.29, 0.717) is 6.21 Å². The molecule has 0 aromatic carbocycles. The smallest absolute Gasteiger partial charge is 0.335 e. The summed E-state index contributed by atoms with van der Waals surface area (Å²) in [5.41, 5.74) is 1.84. The Bertz CT molecular complexity index is 392. The SMILES string of the molecule is N#CCC(=O)N/N=C/[C@H](O)[C@H](O)[C@H](O)[C@H](O)C(=O)O. The van der Waals surface area contributed by atoms with Gasteiger partial charge in [-0.1, -0.05) is 0 Å². The van der Waals surface area contributed by atoms with E-state index in [2.05, 4.69) is 5.10 Å². The summed E-state index contributed by atoms with van der Waals surface area (Å²) >= 11 is 0. The molecule has 0 rings (SSSR count). The van der Waals surface area contributed by atoms with Crippen LogP contribution in [-0.2, 0) is 9.59 Å². The van der Waals surface area contributed by atoms with Crippen molar-refractivity contribution in [2.75, 3.05) is 0 Å². The van der Waals surface area contributed by atoms with Gasteiger partial charge in [0, 0.05) is 0 Å². The lowest BCUT2D eigenvalue weighted by Crippen LogP contribution is -2.48. The summed E-state index contributed by atoms with van der Waals surface area (Å²) in [5.74, 6) is -2.54. The molecular formula is C9H13N3O7. The zero-order valence-electron chi connectivity index (χ0n) is 9.54. The fraction of sp³-hybridized carbons (Fsp3) is 0.556. The van der Waals surface area contributed by atoms with Gasteiger partial charge in [0.1, 0.15) is 24.7 Å². The number of nitrogens with zero attached hydrogens (tertiary/aromatic N) is 2. The monoisotopic (exact) mass is 275 g/mol. The van der Waals surface area contributed by atoms with Gasteiger partial charge in [-0.2, -0.15) is 10.4 Å². The fourth-order valence-electron chi connectivity index (χ4n) is 0.920. The first-order valence-corrected chi connectivity index (χ1v) is 4.95. The largest absolute Gasteiger partial charge is 0.479 e. The predicted octanol–water partition coefficient (Wildman–Crippen LogP) is -3.47. The molecule has 0 heterocycles. The predicted molar refractivity (Wildman–Crippen MR) is 58.5 cm³/mol. The van der Waals surface area contributed by atoms with Crippen LogP contribution >= 0.6 is 0 Å². The van der Waals surface area contributed by atoms with Crippen LogP contribution in [0.15, 0.2) is 5.10 Å². The van der Waals surface area contributed by atoms with Gasteiger partial charge in [-0.05, 0) is 0 Å². The number of rotatable bonds is 7. The van der Waals surface area contributed by atoms with Crippen LogP contribution in [-0.4, -0.2) is 68.0 Å². The summed E-state index contributed by atoms with van der Waals surface area (Å²) in [5, 5.41) is 56.4. The molecule has 4 atom stereocenters. The second-order valence-corrected chi connectivity index (χ2v) is 3.40. The third kappa shape index (κ3) is 5.89. The maximum absolute atomic E-state index is 10.8. The van der Waals surface area contributed by atoms with Crippen LogP contribution in [0.1, 0.15) is 6.42 Å². The number of carbonyl (C=O) groups excluding carboxylic acids is 1. The lowest BCUT2D eigenvalue weighted by Gasteiger charge is -2.22. The van der Waals surface area contributed by atoms with Crippen molar-refractivity contribution in [1.29, 1.82) is 5.26 Å². The van der Waals surface area contributed by atoms with Gasteiger partial charge in [-0.25, -0.2) is 10.2 Å². The van der Waals surface area contributed by atoms with E-state index in [1.165, 1.54) is 6.07 Å². The molecule has 0 aromatic rings. The van der Waals surface area contributed by atoms with E-state index < -0.39 is 42.7 Å². The van der Waals surface area contributed by atoms with Crippen molar-refractivity contribution >= 4 is 18.1 Å². The molecule has 0 saturated heterocycles. The maximum Gasteiger partial charge on any atom is 0.335 e. The minimum Gasteiger partial charge on any atom is -0.479 e. The molecule has 0 unspecified atom stereocenters. The Balaban J connectivity index is 4.38. The third-order valence-electron chi connectivity index (χ3n) is 1.93. The topological polar surface area (TPSA) is 183 Å². The molecule has 0 saturated carbocycles. The molecule has 10 heteroatoms. The first kappa shape index (κ1) is 16.9. The van der Waals surface area contributed by atoms with E-state index in [9.17, 15) is 24.9 Å². The van der Waals surface area contributed by atoms with Crippen molar-refractivity contribution in [3.63, 3.8) is 0 Å². The molecule has 0 spiro atoms. The van der Waals surface area contributed by atoms with Crippen LogP contribution in [0.4, 0.5) is 0 Å². The highest BCUT2D eigenvalue weighted by molar-refractivity contribution is 5.79. The standard InChI is InChI=1S/C9H13N3O7/c10-2-1-5(14)12-11-3-4(13)6(15)7(16)8(17)9(18)19/h3-4,6-8,13,15-17H,1H2,(H,12,14)(H,18,19)/b11-3+/t4-,6-,7-,8-/m0/s1. The molecule has 106 valence electrons. The van der Waals surface area contributed by atoms with Crippen LogP contribution in [0.2, 0.25) is 0 Å². The van der Waals surface area contributed by atoms with Gasteiger partial charge < -0.3 is 25.5 Å². The quantitative estimate of drug-likeness (QED) is 0.204. The minimum atomic E-state index is -2.29. The number of carbonyl (C=O) groups is 2. The fourth-order valence-corrected chi connectivity index (χ4v) is 0.920. The number of nitriles is 1. The summed E-state index contributed by atoms with van der Waals surface area (Å²) in [4.78, 5) is 21.1. The van der Waals surface area contributed by atoms with Crippen LogP contribution in [0.5, 0.6) is 0 Å². The lowest BCUT2D eigenvalue weighted by molar-refractivity contribution is -0.160. The minimum absolute atomic E-state index is 0.462. The van der Waals surface area contributed by atoms with Gasteiger partial charge in [0.15, 0.2) is 6.10 Å². The number of carboxylic acids is 1. The molecular weight excluding hydrogens is 262 g/mol. The Hall–Kier alpha value is -2.06. The second kappa shape index (κ2) is 8.11. The molecule has 1 amide bonds. The number of amides is 1. The van der Waals surface area contributed by atoms with Crippen molar-refractivity contribution in [2.24, 2.45) is 5.10 Å². The average molecular weight is 275 g/mol. The number of aliphatic hydroxyl groups excluding tert-OH is 4. The van der Waals surface area contributed by atoms with E-state index in [4.69, 9.17) is 15.5 Å². The van der Waals surface area contributed by atoms with E-state index in [0.717, 1.165) is 0 Å². The van der Waals surface area contributed by atoms with Crippen molar-refractivity contribution in [3.8, 4) is 6.07 Å². The molecule has 19 heavy (non-hydrogen) atoms. The van der Waals surface area contributed by atoms with Gasteiger partial charge in [-0.3, -0.25) is 4.79 Å². The molecule has 0 bridgehead atoms. The van der Waals surface area contributed by atoms with Gasteiger partial charge in [0.05, 0.1) is 12.3 Å². The van der Waals surface area contributed by atoms with Gasteiger partial charge in [0.25, 0.3) is 5.91 Å². The van der Waals surface area contributed by atoms with Crippen molar-refractivity contribution in [2.45, 2.75) is 30.8 Å². The molecule has 0 aromatic heterocycles. The maximum atomic E-state index is 10.8. The van der Waals surface area contributed by atoms with Crippen LogP contribution in [0.3, 0.4) is 0 Å². The van der Waals surface area contributed by atoms with Crippen LogP contribution < -0.4 is 5.43 Å². The average Bonchev–Trinajstić information content (AvgIpc) is 2.36. The lowest BCUT2D eigenvalue weighted by atomic mass is 10.0. The number of nitrogens with one attached hydrogen (secondary N) is 1. The number of hydrazone groups is 1. The highest BCUT2D eigenvalue weighted by Crippen LogP contribution is 2.04. The number of carboxylic acid groups (broad SMARTS) is 1. The van der Waals surface area contributed by atoms with Gasteiger partial charge in [-0.15, -0.1) is 0 Å². The second-order valence-electron chi connectivity index (χ2n) is 3.40. The highest BCUT2D eigenvalue weighted by atomic mass is 16.4. The zero-order valence-corrected chi connectivity index (χ0v) is 9.54. The molecule has 0 radical (unpaired) electrons. The third-order valence-corrected chi connectivity index (χ3v) is 1.93. The van der Waals surface area contributed by atoms with Crippen molar-refractivity contribution in [3.05, 3.63) is 0 Å². The Labute approximate surface area is 107 Å². The summed E-state index contributed by atoms with van der Waals surface area (Å²) < 4.78 is 0. The Morgan fingerprint density at radius 1 is 1.26 bits per heavy atom. The molecule has 0 aliphatic carbocycles. The Morgan fingerprint density at radius 2 is 1.84 bits per heavy atom. The Kier molecular flexibility index (Phi) is 7.23. The van der Waals surface area contributed by atoms with Gasteiger partial charge in [0.2, 0.25) is 0 Å². The summed E-state index contributed by atoms with van der Waals surface area (Å²) in [6.07, 6.45) is -8.14. The van der Waals surface area contributed by atoms with Crippen molar-refractivity contribution in [1.82, 2.24) is 5.43 Å². The molecule has 0 fully saturated rings. The first-order valence-electron chi connectivity index (χ1n) is 4.95. The Morgan fingerprint density at radius 3 is 2.32 bits per heavy atom. The van der Waals surface area contributed by atoms with Crippen LogP contribution in [0.25, 0.3) is 0 Å². The summed E-state index contributed by atoms with van der Waals surface area (Å²) in [7, 11) is 0. The normalized spacial score (nSPS) is 17.2. The summed E-state index contributed by atoms with van der Waals surface area (Å²) in [6.45, 7) is 0. The van der Waals surface area contributed by atoms with E-state index in [-0.39, 0.29) is 0 Å². The molecule has 10 nitrogen and oxygen atoms in total. The van der Waals surface area contributed by atoms with Gasteiger partial charge >= 0.3 is 5.97 Å². The van der Waals surface area contributed by atoms with E-state index in [1.54, 1.807) is 0 Å². The first-order chi connectivity index (χ1) is 8.81. The number of hydrogen-bond donors (Lipinski definition) is 6. The van der Waals surface area contributed by atoms with E-state index in [1.807, 2.05) is 5.43 Å². The number of hydrogen-bond acceptors (Lipinski definition) is 8. The number of aliphatic hydroxyl groups is 4. The summed E-state index contributed by atoms with van der Waals surface area (Å²) in [6, 6.07) is 1.54. The molecule has 6 N–H and O–H groups in total. The van der Waals surface area contributed by atoms with E-state index >= 15 is 0 Å².